The molecule has 0 aliphatic heterocycles. The average Bonchev–Trinajstić information content (AvgIpc) is 2.49. The summed E-state index contributed by atoms with van der Waals surface area (Å²) >= 11 is 7.43. The highest BCUT2D eigenvalue weighted by molar-refractivity contribution is 7.98. The van der Waals surface area contributed by atoms with Crippen molar-refractivity contribution in [3.63, 3.8) is 0 Å². The van der Waals surface area contributed by atoms with Gasteiger partial charge in [0.15, 0.2) is 10.9 Å². The van der Waals surface area contributed by atoms with Gasteiger partial charge in [0.05, 0.1) is 11.2 Å². The molecule has 104 valence electrons. The lowest BCUT2D eigenvalue weighted by Gasteiger charge is -2.21. The zero-order chi connectivity index (χ0) is 14.5. The molecule has 0 atom stereocenters. The van der Waals surface area contributed by atoms with E-state index in [0.717, 1.165) is 5.69 Å². The molecule has 0 fully saturated rings. The van der Waals surface area contributed by atoms with Crippen LogP contribution in [0.2, 0.25) is 5.02 Å². The minimum absolute atomic E-state index is 0.221. The second kappa shape index (κ2) is 6.72. The van der Waals surface area contributed by atoms with Crippen LogP contribution in [0.25, 0.3) is 0 Å². The molecule has 2 rings (SSSR count). The molecular formula is C14H14ClN3OS. The molecule has 1 amide bonds. The summed E-state index contributed by atoms with van der Waals surface area (Å²) < 4.78 is 0. The minimum Gasteiger partial charge on any atom is -0.307 e. The van der Waals surface area contributed by atoms with Crippen molar-refractivity contribution < 1.29 is 4.79 Å². The summed E-state index contributed by atoms with van der Waals surface area (Å²) in [5, 5.41) is 0.795. The van der Waals surface area contributed by atoms with Crippen molar-refractivity contribution in [1.29, 1.82) is 0 Å². The van der Waals surface area contributed by atoms with E-state index >= 15 is 0 Å². The van der Waals surface area contributed by atoms with Gasteiger partial charge >= 0.3 is 0 Å². The van der Waals surface area contributed by atoms with Crippen LogP contribution in [-0.4, -0.2) is 28.7 Å². The fraction of sp³-hybridized carbons (Fsp3) is 0.214. The zero-order valence-corrected chi connectivity index (χ0v) is 12.8. The van der Waals surface area contributed by atoms with Crippen LogP contribution in [0, 0.1) is 0 Å². The molecule has 0 aliphatic rings. The number of amides is 1. The van der Waals surface area contributed by atoms with E-state index in [0.29, 0.717) is 11.7 Å². The summed E-state index contributed by atoms with van der Waals surface area (Å²) in [6.45, 7) is 2.45. The first-order valence-electron chi connectivity index (χ1n) is 6.10. The highest BCUT2D eigenvalue weighted by Crippen LogP contribution is 2.21. The van der Waals surface area contributed by atoms with E-state index in [2.05, 4.69) is 9.97 Å². The Morgan fingerprint density at radius 1 is 1.35 bits per heavy atom. The Hall–Kier alpha value is -1.59. The number of aromatic nitrogens is 2. The molecule has 4 nitrogen and oxygen atoms in total. The van der Waals surface area contributed by atoms with Gasteiger partial charge in [0.25, 0.3) is 5.91 Å². The molecule has 0 aliphatic carbocycles. The normalized spacial score (nSPS) is 10.3. The fourth-order valence-electron chi connectivity index (χ4n) is 1.78. The number of carbonyl (C=O) groups is 1. The number of thioether (sulfide) groups is 1. The van der Waals surface area contributed by atoms with Crippen LogP contribution in [0.15, 0.2) is 41.7 Å². The number of hydrogen-bond acceptors (Lipinski definition) is 4. The largest absolute Gasteiger partial charge is 0.307 e. The summed E-state index contributed by atoms with van der Waals surface area (Å²) in [7, 11) is 0. The van der Waals surface area contributed by atoms with Gasteiger partial charge in [0.1, 0.15) is 0 Å². The van der Waals surface area contributed by atoms with Crippen molar-refractivity contribution in [2.75, 3.05) is 17.7 Å². The molecule has 0 saturated heterocycles. The lowest BCUT2D eigenvalue weighted by Crippen LogP contribution is -2.31. The van der Waals surface area contributed by atoms with Gasteiger partial charge in [0, 0.05) is 12.2 Å². The van der Waals surface area contributed by atoms with Crippen LogP contribution < -0.4 is 4.90 Å². The number of anilines is 1. The second-order valence-electron chi connectivity index (χ2n) is 3.94. The average molecular weight is 308 g/mol. The van der Waals surface area contributed by atoms with Crippen molar-refractivity contribution in [3.8, 4) is 0 Å². The van der Waals surface area contributed by atoms with E-state index in [1.165, 1.54) is 18.0 Å². The first-order chi connectivity index (χ1) is 9.67. The highest BCUT2D eigenvalue weighted by atomic mass is 35.5. The molecular weight excluding hydrogens is 294 g/mol. The van der Waals surface area contributed by atoms with Crippen LogP contribution in [0.4, 0.5) is 5.69 Å². The molecule has 20 heavy (non-hydrogen) atoms. The van der Waals surface area contributed by atoms with Gasteiger partial charge in [-0.2, -0.15) is 0 Å². The number of nitrogens with zero attached hydrogens (tertiary/aromatic N) is 3. The first kappa shape index (κ1) is 14.8. The second-order valence-corrected chi connectivity index (χ2v) is 5.12. The van der Waals surface area contributed by atoms with Crippen molar-refractivity contribution in [2.45, 2.75) is 12.1 Å². The predicted molar refractivity (Wildman–Crippen MR) is 82.6 cm³/mol. The number of hydrogen-bond donors (Lipinski definition) is 0. The number of benzene rings is 1. The Labute approximate surface area is 127 Å². The van der Waals surface area contributed by atoms with Gasteiger partial charge in [-0.15, -0.1) is 0 Å². The van der Waals surface area contributed by atoms with E-state index < -0.39 is 0 Å². The third kappa shape index (κ3) is 3.11. The molecule has 0 N–H and O–H groups in total. The molecule has 0 unspecified atom stereocenters. The van der Waals surface area contributed by atoms with Crippen molar-refractivity contribution in [2.24, 2.45) is 0 Å². The Bertz CT molecular complexity index is 607. The quantitative estimate of drug-likeness (QED) is 0.640. The summed E-state index contributed by atoms with van der Waals surface area (Å²) in [5.74, 6) is -0.221. The molecule has 0 spiro atoms. The SMILES string of the molecule is CCN(C(=O)c1nc(SC)ncc1Cl)c1ccccc1. The van der Waals surface area contributed by atoms with Crippen molar-refractivity contribution >= 4 is 35.0 Å². The van der Waals surface area contributed by atoms with Crippen LogP contribution in [0.1, 0.15) is 17.4 Å². The molecule has 1 heterocycles. The third-order valence-electron chi connectivity index (χ3n) is 2.74. The monoisotopic (exact) mass is 307 g/mol. The topological polar surface area (TPSA) is 46.1 Å². The highest BCUT2D eigenvalue weighted by Gasteiger charge is 2.21. The molecule has 0 radical (unpaired) electrons. The Morgan fingerprint density at radius 2 is 2.05 bits per heavy atom. The summed E-state index contributed by atoms with van der Waals surface area (Å²) in [5.41, 5.74) is 1.05. The first-order valence-corrected chi connectivity index (χ1v) is 7.71. The standard InChI is InChI=1S/C14H14ClN3OS/c1-3-18(10-7-5-4-6-8-10)13(19)12-11(15)9-16-14(17-12)20-2/h4-9H,3H2,1-2H3. The van der Waals surface area contributed by atoms with E-state index in [1.807, 2.05) is 43.5 Å². The Morgan fingerprint density at radius 3 is 2.65 bits per heavy atom. The summed E-state index contributed by atoms with van der Waals surface area (Å²) in [6, 6.07) is 9.45. The van der Waals surface area contributed by atoms with Crippen LogP contribution >= 0.6 is 23.4 Å². The van der Waals surface area contributed by atoms with Crippen molar-refractivity contribution in [1.82, 2.24) is 9.97 Å². The van der Waals surface area contributed by atoms with Gasteiger partial charge in [-0.25, -0.2) is 9.97 Å². The van der Waals surface area contributed by atoms with Crippen LogP contribution in [-0.2, 0) is 0 Å². The summed E-state index contributed by atoms with van der Waals surface area (Å²) in [6.07, 6.45) is 3.32. The van der Waals surface area contributed by atoms with Crippen LogP contribution in [0.5, 0.6) is 0 Å². The Balaban J connectivity index is 2.39. The lowest BCUT2D eigenvalue weighted by molar-refractivity contribution is 0.0983. The maximum atomic E-state index is 12.6. The fourth-order valence-corrected chi connectivity index (χ4v) is 2.29. The predicted octanol–water partition coefficient (Wildman–Crippen LogP) is 3.52. The molecule has 0 saturated carbocycles. The van der Waals surface area contributed by atoms with E-state index in [1.54, 1.807) is 4.90 Å². The minimum atomic E-state index is -0.221. The zero-order valence-electron chi connectivity index (χ0n) is 11.2. The summed E-state index contributed by atoms with van der Waals surface area (Å²) in [4.78, 5) is 22.5. The molecule has 1 aromatic carbocycles. The molecule has 0 bridgehead atoms. The number of rotatable bonds is 4. The Kier molecular flexibility index (Phi) is 4.98. The smallest absolute Gasteiger partial charge is 0.278 e. The van der Waals surface area contributed by atoms with Gasteiger partial charge in [0.2, 0.25) is 0 Å². The van der Waals surface area contributed by atoms with Gasteiger partial charge in [-0.1, -0.05) is 41.6 Å². The van der Waals surface area contributed by atoms with Crippen LogP contribution in [0.3, 0.4) is 0 Å². The van der Waals surface area contributed by atoms with Gasteiger partial charge < -0.3 is 4.90 Å². The number of para-hydroxylation sites is 1. The van der Waals surface area contributed by atoms with Gasteiger partial charge in [-0.05, 0) is 25.3 Å². The molecule has 1 aromatic heterocycles. The third-order valence-corrected chi connectivity index (χ3v) is 3.57. The number of carbonyl (C=O) groups excluding carboxylic acids is 1. The van der Waals surface area contributed by atoms with E-state index in [9.17, 15) is 4.79 Å². The molecule has 6 heteroatoms. The van der Waals surface area contributed by atoms with Gasteiger partial charge in [-0.3, -0.25) is 4.79 Å². The maximum absolute atomic E-state index is 12.6. The number of halogens is 1. The lowest BCUT2D eigenvalue weighted by atomic mass is 10.2. The molecule has 2 aromatic rings. The van der Waals surface area contributed by atoms with Crippen molar-refractivity contribution in [3.05, 3.63) is 47.2 Å². The van der Waals surface area contributed by atoms with E-state index in [-0.39, 0.29) is 16.6 Å². The van der Waals surface area contributed by atoms with E-state index in [4.69, 9.17) is 11.6 Å². The maximum Gasteiger partial charge on any atom is 0.278 e.